The largest absolute Gasteiger partial charge is 0.481 e. The number of amides is 1. The summed E-state index contributed by atoms with van der Waals surface area (Å²) in [5.41, 5.74) is 0. The average Bonchev–Trinajstić information content (AvgIpc) is 2.86. The summed E-state index contributed by atoms with van der Waals surface area (Å²) >= 11 is 0. The van der Waals surface area contributed by atoms with E-state index in [2.05, 4.69) is 17.6 Å². The molecular formula is C12H18N2O3. The van der Waals surface area contributed by atoms with Gasteiger partial charge < -0.3 is 15.7 Å². The van der Waals surface area contributed by atoms with Crippen molar-refractivity contribution in [3.63, 3.8) is 0 Å². The Morgan fingerprint density at radius 2 is 2.18 bits per heavy atom. The molecule has 0 spiro atoms. The van der Waals surface area contributed by atoms with E-state index in [1.54, 1.807) is 12.2 Å². The van der Waals surface area contributed by atoms with Crippen LogP contribution in [0.3, 0.4) is 0 Å². The SMILES string of the molecule is CC1CCNC1C(=O)NC1C=CC(C(=O)O)C1. The molecule has 1 amide bonds. The van der Waals surface area contributed by atoms with Gasteiger partial charge in [-0.2, -0.15) is 0 Å². The van der Waals surface area contributed by atoms with E-state index >= 15 is 0 Å². The van der Waals surface area contributed by atoms with Crippen LogP contribution < -0.4 is 10.6 Å². The van der Waals surface area contributed by atoms with Crippen LogP contribution in [0.2, 0.25) is 0 Å². The maximum Gasteiger partial charge on any atom is 0.310 e. The molecule has 3 N–H and O–H groups in total. The molecule has 4 unspecified atom stereocenters. The number of carboxylic acids is 1. The molecule has 1 heterocycles. The molecule has 1 saturated heterocycles. The molecule has 0 aromatic carbocycles. The van der Waals surface area contributed by atoms with Crippen molar-refractivity contribution >= 4 is 11.9 Å². The summed E-state index contributed by atoms with van der Waals surface area (Å²) in [4.78, 5) is 22.7. The van der Waals surface area contributed by atoms with Crippen LogP contribution in [0, 0.1) is 11.8 Å². The lowest BCUT2D eigenvalue weighted by Gasteiger charge is -2.18. The van der Waals surface area contributed by atoms with Crippen LogP contribution in [0.5, 0.6) is 0 Å². The van der Waals surface area contributed by atoms with Crippen LogP contribution in [0.4, 0.5) is 0 Å². The van der Waals surface area contributed by atoms with E-state index in [1.165, 1.54) is 0 Å². The van der Waals surface area contributed by atoms with Crippen LogP contribution in [-0.4, -0.2) is 35.6 Å². The number of carbonyl (C=O) groups is 2. The monoisotopic (exact) mass is 238 g/mol. The topological polar surface area (TPSA) is 78.4 Å². The van der Waals surface area contributed by atoms with Crippen LogP contribution in [0.25, 0.3) is 0 Å². The van der Waals surface area contributed by atoms with Gasteiger partial charge in [0.15, 0.2) is 0 Å². The second-order valence-electron chi connectivity index (χ2n) is 4.88. The summed E-state index contributed by atoms with van der Waals surface area (Å²) < 4.78 is 0. The van der Waals surface area contributed by atoms with Gasteiger partial charge in [-0.3, -0.25) is 9.59 Å². The first-order valence-electron chi connectivity index (χ1n) is 6.03. The third kappa shape index (κ3) is 2.66. The number of aliphatic carboxylic acids is 1. The fraction of sp³-hybridized carbons (Fsp3) is 0.667. The van der Waals surface area contributed by atoms with Gasteiger partial charge >= 0.3 is 5.97 Å². The standard InChI is InChI=1S/C12H18N2O3/c1-7-4-5-13-10(7)11(15)14-9-3-2-8(6-9)12(16)17/h2-3,7-10,13H,4-6H2,1H3,(H,14,15)(H,16,17). The van der Waals surface area contributed by atoms with Crippen molar-refractivity contribution in [3.8, 4) is 0 Å². The minimum atomic E-state index is -0.828. The van der Waals surface area contributed by atoms with Crippen molar-refractivity contribution in [2.24, 2.45) is 11.8 Å². The van der Waals surface area contributed by atoms with E-state index in [-0.39, 0.29) is 18.0 Å². The highest BCUT2D eigenvalue weighted by Gasteiger charge is 2.32. The summed E-state index contributed by atoms with van der Waals surface area (Å²) in [5.74, 6) is -0.967. The third-order valence-corrected chi connectivity index (χ3v) is 3.54. The summed E-state index contributed by atoms with van der Waals surface area (Å²) in [7, 11) is 0. The molecule has 5 nitrogen and oxygen atoms in total. The summed E-state index contributed by atoms with van der Waals surface area (Å²) in [6, 6.07) is -0.273. The molecule has 0 bridgehead atoms. The number of rotatable bonds is 3. The highest BCUT2D eigenvalue weighted by molar-refractivity contribution is 5.83. The Hall–Kier alpha value is -1.36. The van der Waals surface area contributed by atoms with Crippen LogP contribution >= 0.6 is 0 Å². The van der Waals surface area contributed by atoms with E-state index in [9.17, 15) is 9.59 Å². The van der Waals surface area contributed by atoms with Crippen molar-refractivity contribution in [1.82, 2.24) is 10.6 Å². The average molecular weight is 238 g/mol. The quantitative estimate of drug-likeness (QED) is 0.611. The van der Waals surface area contributed by atoms with Gasteiger partial charge in [-0.15, -0.1) is 0 Å². The Morgan fingerprint density at radius 1 is 1.41 bits per heavy atom. The van der Waals surface area contributed by atoms with Gasteiger partial charge in [-0.25, -0.2) is 0 Å². The first kappa shape index (κ1) is 12.1. The number of nitrogens with one attached hydrogen (secondary N) is 2. The van der Waals surface area contributed by atoms with Crippen molar-refractivity contribution in [2.75, 3.05) is 6.54 Å². The third-order valence-electron chi connectivity index (χ3n) is 3.54. The molecular weight excluding hydrogens is 220 g/mol. The zero-order valence-corrected chi connectivity index (χ0v) is 9.85. The Bertz CT molecular complexity index is 354. The molecule has 0 saturated carbocycles. The van der Waals surface area contributed by atoms with Gasteiger partial charge in [0.25, 0.3) is 0 Å². The zero-order valence-electron chi connectivity index (χ0n) is 9.85. The van der Waals surface area contributed by atoms with E-state index in [0.29, 0.717) is 12.3 Å². The molecule has 1 fully saturated rings. The van der Waals surface area contributed by atoms with Gasteiger partial charge in [0.1, 0.15) is 0 Å². The molecule has 0 aromatic rings. The molecule has 4 atom stereocenters. The van der Waals surface area contributed by atoms with Crippen LogP contribution in [0.15, 0.2) is 12.2 Å². The number of hydrogen-bond donors (Lipinski definition) is 3. The summed E-state index contributed by atoms with van der Waals surface area (Å²) in [6.07, 6.45) is 4.90. The summed E-state index contributed by atoms with van der Waals surface area (Å²) in [5, 5.41) is 14.9. The molecule has 2 rings (SSSR count). The van der Waals surface area contributed by atoms with Crippen molar-refractivity contribution in [1.29, 1.82) is 0 Å². The Balaban J connectivity index is 1.84. The maximum absolute atomic E-state index is 11.9. The predicted molar refractivity (Wildman–Crippen MR) is 62.4 cm³/mol. The predicted octanol–water partition coefficient (Wildman–Crippen LogP) is 0.130. The Labute approximate surface area is 100 Å². The van der Waals surface area contributed by atoms with Gasteiger partial charge in [-0.1, -0.05) is 19.1 Å². The minimum absolute atomic E-state index is 0.0179. The maximum atomic E-state index is 11.9. The first-order chi connectivity index (χ1) is 8.08. The van der Waals surface area contributed by atoms with Crippen LogP contribution in [0.1, 0.15) is 19.8 Å². The second kappa shape index (κ2) is 4.87. The van der Waals surface area contributed by atoms with Crippen molar-refractivity contribution in [2.45, 2.75) is 31.8 Å². The molecule has 1 aliphatic heterocycles. The van der Waals surface area contributed by atoms with Crippen molar-refractivity contribution < 1.29 is 14.7 Å². The lowest BCUT2D eigenvalue weighted by Crippen LogP contribution is -2.46. The van der Waals surface area contributed by atoms with Gasteiger partial charge in [0.2, 0.25) is 5.91 Å². The molecule has 94 valence electrons. The lowest BCUT2D eigenvalue weighted by molar-refractivity contribution is -0.140. The van der Waals surface area contributed by atoms with Gasteiger partial charge in [-0.05, 0) is 25.3 Å². The smallest absolute Gasteiger partial charge is 0.310 e. The van der Waals surface area contributed by atoms with Gasteiger partial charge in [0.05, 0.1) is 12.0 Å². The molecule has 2 aliphatic rings. The molecule has 1 aliphatic carbocycles. The van der Waals surface area contributed by atoms with E-state index < -0.39 is 11.9 Å². The Morgan fingerprint density at radius 3 is 2.71 bits per heavy atom. The van der Waals surface area contributed by atoms with Crippen LogP contribution in [-0.2, 0) is 9.59 Å². The fourth-order valence-corrected chi connectivity index (χ4v) is 2.45. The number of carbonyl (C=O) groups excluding carboxylic acids is 1. The normalized spacial score (nSPS) is 36.1. The highest BCUT2D eigenvalue weighted by atomic mass is 16.4. The number of hydrogen-bond acceptors (Lipinski definition) is 3. The van der Waals surface area contributed by atoms with Gasteiger partial charge in [0, 0.05) is 6.04 Å². The Kier molecular flexibility index (Phi) is 3.47. The molecule has 0 aromatic heterocycles. The van der Waals surface area contributed by atoms with E-state index in [4.69, 9.17) is 5.11 Å². The second-order valence-corrected chi connectivity index (χ2v) is 4.88. The minimum Gasteiger partial charge on any atom is -0.481 e. The molecule has 17 heavy (non-hydrogen) atoms. The molecule has 0 radical (unpaired) electrons. The van der Waals surface area contributed by atoms with E-state index in [1.807, 2.05) is 0 Å². The lowest BCUT2D eigenvalue weighted by atomic mass is 10.0. The summed E-state index contributed by atoms with van der Waals surface area (Å²) in [6.45, 7) is 2.92. The zero-order chi connectivity index (χ0) is 12.4. The van der Waals surface area contributed by atoms with Crippen molar-refractivity contribution in [3.05, 3.63) is 12.2 Å². The highest BCUT2D eigenvalue weighted by Crippen LogP contribution is 2.19. The number of carboxylic acid groups (broad SMARTS) is 1. The van der Waals surface area contributed by atoms with E-state index in [0.717, 1.165) is 13.0 Å². The first-order valence-corrected chi connectivity index (χ1v) is 6.03. The molecule has 5 heteroatoms. The fourth-order valence-electron chi connectivity index (χ4n) is 2.45.